The molecular formula is C96H192O12Sn3. The molecule has 111 heavy (non-hydrogen) atoms. The van der Waals surface area contributed by atoms with Crippen LogP contribution in [0.5, 0.6) is 0 Å². The van der Waals surface area contributed by atoms with Crippen molar-refractivity contribution < 1.29 is 59.4 Å². The molecule has 0 saturated carbocycles. The number of aliphatic carboxylic acids is 6. The van der Waals surface area contributed by atoms with Gasteiger partial charge in [0.25, 0.3) is 0 Å². The van der Waals surface area contributed by atoms with E-state index in [4.69, 9.17) is 0 Å². The fraction of sp³-hybridized carbons (Fsp3) is 0.938. The molecule has 0 aliphatic heterocycles. The minimum absolute atomic E-state index is 0.149. The zero-order valence-corrected chi connectivity index (χ0v) is 85.1. The number of carboxylic acid groups (broad SMARTS) is 6. The Morgan fingerprint density at radius 1 is 0.135 bits per heavy atom. The predicted molar refractivity (Wildman–Crippen MR) is 477 cm³/mol. The second-order valence-electron chi connectivity index (χ2n) is 31.1. The zero-order chi connectivity index (χ0) is 84.7. The normalized spacial score (nSPS) is 10.1. The van der Waals surface area contributed by atoms with Crippen molar-refractivity contribution in [2.45, 2.75) is 572 Å². The van der Waals surface area contributed by atoms with Gasteiger partial charge in [-0.15, -0.1) is 0 Å². The van der Waals surface area contributed by atoms with E-state index in [2.05, 4.69) is 83.1 Å². The maximum absolute atomic E-state index is 10.1. The van der Waals surface area contributed by atoms with Crippen LogP contribution in [-0.2, 0) is 28.8 Å². The Labute approximate surface area is 724 Å². The average molecular weight is 1890 g/mol. The summed E-state index contributed by atoms with van der Waals surface area (Å²) in [7, 11) is 0. The molecule has 0 radical (unpaired) electrons. The summed E-state index contributed by atoms with van der Waals surface area (Å²) in [5.74, 6) is -5.46. The van der Waals surface area contributed by atoms with Gasteiger partial charge in [-0.05, 0) is 77.0 Å². The van der Waals surface area contributed by atoms with Gasteiger partial charge in [-0.25, -0.2) is 0 Å². The van der Waals surface area contributed by atoms with Crippen LogP contribution in [0.3, 0.4) is 0 Å². The molecule has 0 unspecified atom stereocenters. The van der Waals surface area contributed by atoms with Crippen molar-refractivity contribution in [2.75, 3.05) is 0 Å². The second kappa shape index (κ2) is 133. The third-order valence-electron chi connectivity index (χ3n) is 19.1. The molecule has 0 bridgehead atoms. The first-order chi connectivity index (χ1) is 53.9. The summed E-state index contributed by atoms with van der Waals surface area (Å²) in [6.45, 7) is 27.1. The fourth-order valence-electron chi connectivity index (χ4n) is 11.7. The van der Waals surface area contributed by atoms with Gasteiger partial charge in [0.05, 0.1) is 0 Å². The molecule has 0 fully saturated rings. The van der Waals surface area contributed by atoms with Crippen LogP contribution in [0, 0.1) is 0 Å². The van der Waals surface area contributed by atoms with Crippen LogP contribution < -0.4 is 30.6 Å². The van der Waals surface area contributed by atoms with Crippen LogP contribution in [0.4, 0.5) is 0 Å². The number of rotatable bonds is 78. The SMILES string of the molecule is CCCCCCCCCCCC(=O)[O-].CCCCCCCCCCCC(=O)[O-].CCCCCCCCCCCC(=O)[O-].CCCCCCCCCCCC(=O)[O-].CCCCCCCCCCCC(=O)[O-].CCCCCCCCCCCC(=O)[O-].CCC[CH2][Sn+2][CH2]CCC.CCC[CH2][Sn+2][CH2]CCC.CCC[CH2][Sn+2][CH2]CCC. The Morgan fingerprint density at radius 3 is 0.297 bits per heavy atom. The molecule has 0 aliphatic carbocycles. The molecule has 0 aromatic heterocycles. The quantitative estimate of drug-likeness (QED) is 0.0408. The van der Waals surface area contributed by atoms with E-state index in [1.807, 2.05) is 0 Å². The number of unbranched alkanes of at least 4 members (excludes halogenated alkanes) is 54. The van der Waals surface area contributed by atoms with E-state index in [1.54, 1.807) is 26.6 Å². The summed E-state index contributed by atoms with van der Waals surface area (Å²) < 4.78 is 9.75. The van der Waals surface area contributed by atoms with Gasteiger partial charge in [0, 0.05) is 35.8 Å². The number of hydrogen-bond donors (Lipinski definition) is 0. The molecule has 0 aromatic rings. The van der Waals surface area contributed by atoms with E-state index >= 15 is 0 Å². The molecular weight excluding hydrogens is 1700 g/mol. The summed E-state index contributed by atoms with van der Waals surface area (Å²) in [5.41, 5.74) is 0. The molecule has 0 aromatic carbocycles. The summed E-state index contributed by atoms with van der Waals surface area (Å²) in [6.07, 6.45) is 84.5. The van der Waals surface area contributed by atoms with Gasteiger partial charge in [0.2, 0.25) is 0 Å². The fourth-order valence-corrected chi connectivity index (χ4v) is 24.1. The van der Waals surface area contributed by atoms with Gasteiger partial charge in [-0.3, -0.25) is 0 Å². The molecule has 660 valence electrons. The predicted octanol–water partition coefficient (Wildman–Crippen LogP) is 25.3. The monoisotopic (exact) mass is 1900 g/mol. The molecule has 0 heterocycles. The molecule has 0 saturated heterocycles. The van der Waals surface area contributed by atoms with E-state index in [-0.39, 0.29) is 102 Å². The van der Waals surface area contributed by atoms with Crippen LogP contribution in [0.15, 0.2) is 0 Å². The van der Waals surface area contributed by atoms with Crippen molar-refractivity contribution in [2.24, 2.45) is 0 Å². The molecule has 15 heteroatoms. The van der Waals surface area contributed by atoms with E-state index < -0.39 is 35.8 Å². The van der Waals surface area contributed by atoms with Crippen molar-refractivity contribution in [3.63, 3.8) is 0 Å². The topological polar surface area (TPSA) is 241 Å². The Hall–Kier alpha value is -0.784. The maximum atomic E-state index is 10.1. The first-order valence-electron chi connectivity index (χ1n) is 48.2. The van der Waals surface area contributed by atoms with Gasteiger partial charge in [0.15, 0.2) is 0 Å². The van der Waals surface area contributed by atoms with Crippen molar-refractivity contribution in [1.82, 2.24) is 0 Å². The van der Waals surface area contributed by atoms with Crippen LogP contribution in [0.25, 0.3) is 0 Å². The van der Waals surface area contributed by atoms with E-state index in [0.29, 0.717) is 0 Å². The minimum atomic E-state index is -0.909. The first kappa shape index (κ1) is 128. The van der Waals surface area contributed by atoms with Gasteiger partial charge in [0.1, 0.15) is 0 Å². The van der Waals surface area contributed by atoms with Crippen molar-refractivity contribution in [1.29, 1.82) is 0 Å². The summed E-state index contributed by atoms with van der Waals surface area (Å²) in [5, 5.41) is 60.6. The molecule has 12 nitrogen and oxygen atoms in total. The Bertz CT molecular complexity index is 1360. The Balaban J connectivity index is -0.000000151. The van der Waals surface area contributed by atoms with Gasteiger partial charge >= 0.3 is 209 Å². The third-order valence-corrected chi connectivity index (χ3v) is 31.3. The molecule has 0 rings (SSSR count). The van der Waals surface area contributed by atoms with Crippen molar-refractivity contribution >= 4 is 99.2 Å². The van der Waals surface area contributed by atoms with Gasteiger partial charge in [-0.2, -0.15) is 0 Å². The molecule has 0 N–H and O–H groups in total. The summed E-state index contributed by atoms with van der Waals surface area (Å²) >= 11 is 0.448. The molecule has 0 atom stereocenters. The molecule has 0 aliphatic rings. The van der Waals surface area contributed by atoms with Crippen LogP contribution in [-0.4, -0.2) is 99.2 Å². The summed E-state index contributed by atoms with van der Waals surface area (Å²) in [4.78, 5) is 60.6. The Morgan fingerprint density at radius 2 is 0.216 bits per heavy atom. The van der Waals surface area contributed by atoms with Crippen molar-refractivity contribution in [3.8, 4) is 0 Å². The number of hydrogen-bond acceptors (Lipinski definition) is 12. The first-order valence-corrected chi connectivity index (χ1v) is 60.3. The van der Waals surface area contributed by atoms with Gasteiger partial charge < -0.3 is 59.4 Å². The Kier molecular flexibility index (Phi) is 153. The number of carboxylic acids is 6. The standard InChI is InChI=1S/6C12H24O2.6C4H9.3Sn/c6*1-2-3-4-5-6-7-8-9-10-11-12(13)14;6*1-3-4-2;;;/h6*2-11H2,1H3,(H,13,14);6*1,3-4H2,2H3;;;/q;;;;;;;;;;;;3*+2/p-6. The second-order valence-corrected chi connectivity index (χ2v) is 43.9. The molecule has 0 amide bonds. The molecule has 0 spiro atoms. The average Bonchev–Trinajstić information content (AvgIpc) is 2.29. The van der Waals surface area contributed by atoms with E-state index in [9.17, 15) is 59.4 Å². The zero-order valence-electron chi connectivity index (χ0n) is 76.6. The van der Waals surface area contributed by atoms with E-state index in [1.165, 1.54) is 347 Å². The third kappa shape index (κ3) is 181. The van der Waals surface area contributed by atoms with Crippen LogP contribution in [0.1, 0.15) is 545 Å². The van der Waals surface area contributed by atoms with Crippen molar-refractivity contribution in [3.05, 3.63) is 0 Å². The van der Waals surface area contributed by atoms with Gasteiger partial charge in [-0.1, -0.05) is 350 Å². The van der Waals surface area contributed by atoms with E-state index in [0.717, 1.165) is 77.0 Å². The van der Waals surface area contributed by atoms with Crippen LogP contribution in [0.2, 0.25) is 26.6 Å². The van der Waals surface area contributed by atoms with Crippen LogP contribution >= 0.6 is 0 Å². The number of carbonyl (C=O) groups excluding carboxylic acids is 6. The number of carbonyl (C=O) groups is 6. The summed E-state index contributed by atoms with van der Waals surface area (Å²) in [6, 6.07) is 0.